The first-order chi connectivity index (χ1) is 12.0. The van der Waals surface area contributed by atoms with E-state index in [4.69, 9.17) is 9.47 Å². The summed E-state index contributed by atoms with van der Waals surface area (Å²) in [6.07, 6.45) is 6.52. The number of amides is 2. The Morgan fingerprint density at radius 1 is 1.00 bits per heavy atom. The molecule has 2 amide bonds. The molecule has 0 bridgehead atoms. The molecule has 0 spiro atoms. The van der Waals surface area contributed by atoms with Crippen LogP contribution in [-0.4, -0.2) is 32.1 Å². The van der Waals surface area contributed by atoms with Gasteiger partial charge in [-0.25, -0.2) is 0 Å². The van der Waals surface area contributed by atoms with Crippen molar-refractivity contribution in [1.82, 2.24) is 10.6 Å². The molecule has 1 unspecified atom stereocenters. The predicted octanol–water partition coefficient (Wildman–Crippen LogP) is 2.72. The monoisotopic (exact) mass is 348 g/mol. The molecule has 1 atom stereocenters. The van der Waals surface area contributed by atoms with Gasteiger partial charge < -0.3 is 20.1 Å². The summed E-state index contributed by atoms with van der Waals surface area (Å²) in [4.78, 5) is 24.3. The van der Waals surface area contributed by atoms with E-state index in [1.165, 1.54) is 12.8 Å². The molecule has 6 nitrogen and oxygen atoms in total. The SMILES string of the molecule is COc1ccc(C(C)NC(=O)C(=O)NC2CCCCCC2)cc1OC. The first kappa shape index (κ1) is 19.1. The Labute approximate surface area is 149 Å². The molecule has 1 aliphatic rings. The van der Waals surface area contributed by atoms with E-state index in [1.807, 2.05) is 13.0 Å². The maximum Gasteiger partial charge on any atom is 0.309 e. The van der Waals surface area contributed by atoms with Crippen LogP contribution >= 0.6 is 0 Å². The van der Waals surface area contributed by atoms with Crippen molar-refractivity contribution in [2.45, 2.75) is 57.5 Å². The van der Waals surface area contributed by atoms with Gasteiger partial charge in [0, 0.05) is 6.04 Å². The average molecular weight is 348 g/mol. The molecule has 0 aromatic heterocycles. The minimum atomic E-state index is -0.605. The highest BCUT2D eigenvalue weighted by Crippen LogP contribution is 2.29. The van der Waals surface area contributed by atoms with Crippen molar-refractivity contribution in [2.24, 2.45) is 0 Å². The van der Waals surface area contributed by atoms with Crippen molar-refractivity contribution in [3.05, 3.63) is 23.8 Å². The lowest BCUT2D eigenvalue weighted by molar-refractivity contribution is -0.140. The molecule has 0 aliphatic heterocycles. The Morgan fingerprint density at radius 2 is 1.64 bits per heavy atom. The molecule has 1 aromatic rings. The number of carbonyl (C=O) groups is 2. The number of carbonyl (C=O) groups excluding carboxylic acids is 2. The summed E-state index contributed by atoms with van der Waals surface area (Å²) in [5.74, 6) is 0.0469. The third-order valence-electron chi connectivity index (χ3n) is 4.65. The maximum absolute atomic E-state index is 12.2. The zero-order valence-corrected chi connectivity index (χ0v) is 15.3. The van der Waals surface area contributed by atoms with Crippen LogP contribution in [0, 0.1) is 0 Å². The number of rotatable bonds is 5. The Morgan fingerprint density at radius 3 is 2.24 bits per heavy atom. The van der Waals surface area contributed by atoms with E-state index >= 15 is 0 Å². The van der Waals surface area contributed by atoms with E-state index in [0.717, 1.165) is 31.2 Å². The van der Waals surface area contributed by atoms with Crippen molar-refractivity contribution >= 4 is 11.8 Å². The molecular formula is C19H28N2O4. The minimum absolute atomic E-state index is 0.108. The first-order valence-corrected chi connectivity index (χ1v) is 8.88. The van der Waals surface area contributed by atoms with Crippen molar-refractivity contribution < 1.29 is 19.1 Å². The molecule has 1 fully saturated rings. The number of ether oxygens (including phenoxy) is 2. The third-order valence-corrected chi connectivity index (χ3v) is 4.65. The van der Waals surface area contributed by atoms with E-state index in [-0.39, 0.29) is 12.1 Å². The summed E-state index contributed by atoms with van der Waals surface area (Å²) >= 11 is 0. The van der Waals surface area contributed by atoms with Gasteiger partial charge in [0.25, 0.3) is 0 Å². The highest BCUT2D eigenvalue weighted by Gasteiger charge is 2.21. The first-order valence-electron chi connectivity index (χ1n) is 8.88. The fourth-order valence-electron chi connectivity index (χ4n) is 3.14. The Bertz CT molecular complexity index is 595. The standard InChI is InChI=1S/C19H28N2O4/c1-13(14-10-11-16(24-2)17(12-14)25-3)20-18(22)19(23)21-15-8-6-4-5-7-9-15/h10-13,15H,4-9H2,1-3H3,(H,20,22)(H,21,23). The number of methoxy groups -OCH3 is 2. The van der Waals surface area contributed by atoms with Gasteiger partial charge in [-0.2, -0.15) is 0 Å². The van der Waals surface area contributed by atoms with E-state index < -0.39 is 11.8 Å². The van der Waals surface area contributed by atoms with Crippen molar-refractivity contribution in [3.8, 4) is 11.5 Å². The van der Waals surface area contributed by atoms with Crippen LogP contribution in [0.3, 0.4) is 0 Å². The fourth-order valence-corrected chi connectivity index (χ4v) is 3.14. The summed E-state index contributed by atoms with van der Waals surface area (Å²) in [6.45, 7) is 1.83. The molecule has 2 N–H and O–H groups in total. The van der Waals surface area contributed by atoms with Crippen molar-refractivity contribution in [1.29, 1.82) is 0 Å². The second-order valence-corrected chi connectivity index (χ2v) is 6.47. The van der Waals surface area contributed by atoms with Gasteiger partial charge in [0.05, 0.1) is 20.3 Å². The second kappa shape index (κ2) is 9.30. The van der Waals surface area contributed by atoms with Gasteiger partial charge in [0.1, 0.15) is 0 Å². The van der Waals surface area contributed by atoms with Crippen molar-refractivity contribution in [3.63, 3.8) is 0 Å². The Balaban J connectivity index is 1.93. The van der Waals surface area contributed by atoms with E-state index in [0.29, 0.717) is 11.5 Å². The van der Waals surface area contributed by atoms with Gasteiger partial charge in [0.15, 0.2) is 11.5 Å². The van der Waals surface area contributed by atoms with Gasteiger partial charge in [-0.1, -0.05) is 31.7 Å². The Hall–Kier alpha value is -2.24. The van der Waals surface area contributed by atoms with E-state index in [9.17, 15) is 9.59 Å². The highest BCUT2D eigenvalue weighted by atomic mass is 16.5. The zero-order chi connectivity index (χ0) is 18.2. The predicted molar refractivity (Wildman–Crippen MR) is 95.7 cm³/mol. The normalized spacial score (nSPS) is 16.4. The second-order valence-electron chi connectivity index (χ2n) is 6.47. The lowest BCUT2D eigenvalue weighted by Crippen LogP contribution is -2.45. The van der Waals surface area contributed by atoms with E-state index in [2.05, 4.69) is 10.6 Å². The molecular weight excluding hydrogens is 320 g/mol. The summed E-state index contributed by atoms with van der Waals surface area (Å²) in [5.41, 5.74) is 0.841. The third kappa shape index (κ3) is 5.37. The largest absolute Gasteiger partial charge is 0.493 e. The topological polar surface area (TPSA) is 76.7 Å². The van der Waals surface area contributed by atoms with Crippen LogP contribution in [0.5, 0.6) is 11.5 Å². The summed E-state index contributed by atoms with van der Waals surface area (Å²) in [6, 6.07) is 5.22. The lowest BCUT2D eigenvalue weighted by atomic mass is 10.1. The summed E-state index contributed by atoms with van der Waals surface area (Å²) < 4.78 is 10.5. The molecule has 1 saturated carbocycles. The van der Waals surface area contributed by atoms with Crippen LogP contribution in [-0.2, 0) is 9.59 Å². The van der Waals surface area contributed by atoms with Gasteiger partial charge in [-0.05, 0) is 37.5 Å². The van der Waals surface area contributed by atoms with Gasteiger partial charge in [-0.15, -0.1) is 0 Å². The molecule has 1 aliphatic carbocycles. The zero-order valence-electron chi connectivity index (χ0n) is 15.3. The van der Waals surface area contributed by atoms with Crippen LogP contribution < -0.4 is 20.1 Å². The maximum atomic E-state index is 12.2. The van der Waals surface area contributed by atoms with E-state index in [1.54, 1.807) is 26.4 Å². The van der Waals surface area contributed by atoms with Crippen LogP contribution in [0.1, 0.15) is 57.1 Å². The number of nitrogens with one attached hydrogen (secondary N) is 2. The molecule has 0 saturated heterocycles. The Kier molecular flexibility index (Phi) is 7.10. The summed E-state index contributed by atoms with van der Waals surface area (Å²) in [7, 11) is 3.13. The average Bonchev–Trinajstić information content (AvgIpc) is 2.89. The van der Waals surface area contributed by atoms with Crippen LogP contribution in [0.2, 0.25) is 0 Å². The van der Waals surface area contributed by atoms with Gasteiger partial charge in [-0.3, -0.25) is 9.59 Å². The van der Waals surface area contributed by atoms with Crippen LogP contribution in [0.4, 0.5) is 0 Å². The smallest absolute Gasteiger partial charge is 0.309 e. The quantitative estimate of drug-likeness (QED) is 0.634. The molecule has 25 heavy (non-hydrogen) atoms. The highest BCUT2D eigenvalue weighted by molar-refractivity contribution is 6.35. The van der Waals surface area contributed by atoms with Crippen LogP contribution in [0.15, 0.2) is 18.2 Å². The molecule has 0 heterocycles. The summed E-state index contributed by atoms with van der Waals surface area (Å²) in [5, 5.41) is 5.60. The molecule has 138 valence electrons. The fraction of sp³-hybridized carbons (Fsp3) is 0.579. The van der Waals surface area contributed by atoms with Gasteiger partial charge in [0.2, 0.25) is 0 Å². The molecule has 1 aromatic carbocycles. The number of benzene rings is 1. The molecule has 2 rings (SSSR count). The molecule has 0 radical (unpaired) electrons. The number of hydrogen-bond acceptors (Lipinski definition) is 4. The lowest BCUT2D eigenvalue weighted by Gasteiger charge is -2.19. The van der Waals surface area contributed by atoms with Crippen molar-refractivity contribution in [2.75, 3.05) is 14.2 Å². The van der Waals surface area contributed by atoms with Gasteiger partial charge >= 0.3 is 11.8 Å². The minimum Gasteiger partial charge on any atom is -0.493 e. The van der Waals surface area contributed by atoms with Crippen LogP contribution in [0.25, 0.3) is 0 Å². The number of hydrogen-bond donors (Lipinski definition) is 2. The molecule has 6 heteroatoms.